The fourth-order valence-corrected chi connectivity index (χ4v) is 3.04. The van der Waals surface area contributed by atoms with Gasteiger partial charge in [0.05, 0.1) is 10.7 Å². The van der Waals surface area contributed by atoms with E-state index < -0.39 is 0 Å². The van der Waals surface area contributed by atoms with Gasteiger partial charge in [-0.3, -0.25) is 0 Å². The molecule has 0 aromatic carbocycles. The van der Waals surface area contributed by atoms with Crippen molar-refractivity contribution in [1.29, 1.82) is 0 Å². The van der Waals surface area contributed by atoms with Crippen molar-refractivity contribution in [2.24, 2.45) is 0 Å². The number of aromatic nitrogens is 2. The number of hydrogen-bond donors (Lipinski definition) is 1. The van der Waals surface area contributed by atoms with Gasteiger partial charge in [-0.1, -0.05) is 11.6 Å². The van der Waals surface area contributed by atoms with Gasteiger partial charge in [-0.05, 0) is 36.1 Å². The van der Waals surface area contributed by atoms with Gasteiger partial charge in [0.1, 0.15) is 5.65 Å². The minimum atomic E-state index is 0.721. The summed E-state index contributed by atoms with van der Waals surface area (Å²) >= 11 is 7.74. The maximum atomic E-state index is 5.95. The quantitative estimate of drug-likeness (QED) is 0.795. The van der Waals surface area contributed by atoms with Gasteiger partial charge in [0.15, 0.2) is 0 Å². The Balaban J connectivity index is 1.67. The molecule has 0 fully saturated rings. The summed E-state index contributed by atoms with van der Waals surface area (Å²) in [6.45, 7) is 3.79. The average Bonchev–Trinajstić information content (AvgIpc) is 2.95. The van der Waals surface area contributed by atoms with Crippen LogP contribution in [-0.4, -0.2) is 9.38 Å². The number of pyridine rings is 1. The highest BCUT2D eigenvalue weighted by Crippen LogP contribution is 2.15. The minimum absolute atomic E-state index is 0.721. The van der Waals surface area contributed by atoms with E-state index >= 15 is 0 Å². The number of halogens is 1. The van der Waals surface area contributed by atoms with Crippen LogP contribution in [0.2, 0.25) is 5.02 Å². The highest BCUT2D eigenvalue weighted by atomic mass is 35.5. The first-order valence-corrected chi connectivity index (χ1v) is 7.35. The van der Waals surface area contributed by atoms with Gasteiger partial charge in [-0.25, -0.2) is 4.98 Å². The molecule has 0 unspecified atom stereocenters. The van der Waals surface area contributed by atoms with Crippen LogP contribution in [-0.2, 0) is 13.1 Å². The van der Waals surface area contributed by atoms with Gasteiger partial charge < -0.3 is 9.72 Å². The summed E-state index contributed by atoms with van der Waals surface area (Å²) in [5.74, 6) is 0. The molecule has 3 rings (SSSR count). The lowest BCUT2D eigenvalue weighted by Gasteiger charge is -2.01. The van der Waals surface area contributed by atoms with Crippen molar-refractivity contribution in [1.82, 2.24) is 14.7 Å². The molecular formula is C14H14ClN3S. The van der Waals surface area contributed by atoms with E-state index in [1.165, 1.54) is 10.4 Å². The Morgan fingerprint density at radius 1 is 1.26 bits per heavy atom. The van der Waals surface area contributed by atoms with Crippen LogP contribution in [0.1, 0.15) is 16.1 Å². The highest BCUT2D eigenvalue weighted by Gasteiger charge is 2.03. The lowest BCUT2D eigenvalue weighted by Crippen LogP contribution is -2.12. The third-order valence-electron chi connectivity index (χ3n) is 3.02. The normalized spacial score (nSPS) is 11.3. The zero-order chi connectivity index (χ0) is 13.2. The number of aryl methyl sites for hydroxylation is 1. The molecule has 3 aromatic heterocycles. The molecule has 0 amide bonds. The summed E-state index contributed by atoms with van der Waals surface area (Å²) in [7, 11) is 0. The number of hydrogen-bond acceptors (Lipinski definition) is 3. The van der Waals surface area contributed by atoms with Crippen LogP contribution in [0.3, 0.4) is 0 Å². The van der Waals surface area contributed by atoms with Crippen molar-refractivity contribution in [2.45, 2.75) is 20.0 Å². The number of imidazole rings is 1. The van der Waals surface area contributed by atoms with Crippen LogP contribution >= 0.6 is 22.9 Å². The number of fused-ring (bicyclic) bond motifs is 1. The Hall–Kier alpha value is -1.36. The predicted molar refractivity (Wildman–Crippen MR) is 79.8 cm³/mol. The summed E-state index contributed by atoms with van der Waals surface area (Å²) in [5.41, 5.74) is 3.30. The summed E-state index contributed by atoms with van der Waals surface area (Å²) in [6.07, 6.45) is 3.88. The third kappa shape index (κ3) is 2.81. The van der Waals surface area contributed by atoms with Gasteiger partial charge in [0, 0.05) is 30.4 Å². The fourth-order valence-electron chi connectivity index (χ4n) is 1.99. The second-order valence-corrected chi connectivity index (χ2v) is 5.91. The van der Waals surface area contributed by atoms with Crippen LogP contribution in [0.25, 0.3) is 5.65 Å². The smallest absolute Gasteiger partial charge is 0.137 e. The fraction of sp³-hybridized carbons (Fsp3) is 0.214. The van der Waals surface area contributed by atoms with Gasteiger partial charge >= 0.3 is 0 Å². The summed E-state index contributed by atoms with van der Waals surface area (Å²) in [5, 5.41) is 6.27. The molecule has 0 saturated heterocycles. The molecule has 19 heavy (non-hydrogen) atoms. The van der Waals surface area contributed by atoms with Crippen LogP contribution in [0.5, 0.6) is 0 Å². The van der Waals surface area contributed by atoms with Crippen molar-refractivity contribution >= 4 is 28.6 Å². The molecule has 3 heterocycles. The molecule has 0 atom stereocenters. The Morgan fingerprint density at radius 3 is 2.95 bits per heavy atom. The van der Waals surface area contributed by atoms with E-state index in [1.807, 2.05) is 28.9 Å². The second kappa shape index (κ2) is 5.33. The molecule has 98 valence electrons. The summed E-state index contributed by atoms with van der Waals surface area (Å²) in [6, 6.07) is 5.93. The Bertz CT molecular complexity index is 702. The summed E-state index contributed by atoms with van der Waals surface area (Å²) in [4.78, 5) is 5.92. The van der Waals surface area contributed by atoms with Crippen LogP contribution in [0.15, 0.2) is 36.0 Å². The Labute approximate surface area is 120 Å². The Kier molecular flexibility index (Phi) is 3.55. The molecule has 0 bridgehead atoms. The van der Waals surface area contributed by atoms with Gasteiger partial charge in [0.25, 0.3) is 0 Å². The molecule has 0 radical (unpaired) electrons. The number of rotatable bonds is 4. The Morgan fingerprint density at radius 2 is 2.16 bits per heavy atom. The van der Waals surface area contributed by atoms with Crippen LogP contribution in [0, 0.1) is 6.92 Å². The van der Waals surface area contributed by atoms with E-state index in [1.54, 1.807) is 11.3 Å². The number of nitrogens with one attached hydrogen (secondary N) is 1. The first kappa shape index (κ1) is 12.7. The van der Waals surface area contributed by atoms with Gasteiger partial charge in [-0.15, -0.1) is 11.3 Å². The van der Waals surface area contributed by atoms with Crippen LogP contribution < -0.4 is 5.32 Å². The topological polar surface area (TPSA) is 29.3 Å². The van der Waals surface area contributed by atoms with Crippen molar-refractivity contribution < 1.29 is 0 Å². The molecule has 0 aliphatic heterocycles. The van der Waals surface area contributed by atoms with E-state index in [4.69, 9.17) is 11.6 Å². The zero-order valence-corrected chi connectivity index (χ0v) is 12.1. The first-order chi connectivity index (χ1) is 9.22. The van der Waals surface area contributed by atoms with E-state index in [0.717, 1.165) is 29.5 Å². The van der Waals surface area contributed by atoms with Crippen molar-refractivity contribution in [3.8, 4) is 0 Å². The molecule has 0 aliphatic carbocycles. The standard InChI is InChI=1S/C14H14ClN3S/c1-10-4-5-19-13(10)7-16-6-12-9-18-8-11(15)2-3-14(18)17-12/h2-5,8-9,16H,6-7H2,1H3. The summed E-state index contributed by atoms with van der Waals surface area (Å²) < 4.78 is 1.95. The van der Waals surface area contributed by atoms with Crippen molar-refractivity contribution in [3.63, 3.8) is 0 Å². The van der Waals surface area contributed by atoms with E-state index in [0.29, 0.717) is 0 Å². The number of thiophene rings is 1. The second-order valence-electron chi connectivity index (χ2n) is 4.48. The van der Waals surface area contributed by atoms with E-state index in [2.05, 4.69) is 28.7 Å². The molecule has 0 spiro atoms. The van der Waals surface area contributed by atoms with Crippen molar-refractivity contribution in [3.05, 3.63) is 57.1 Å². The number of nitrogens with zero attached hydrogens (tertiary/aromatic N) is 2. The lowest BCUT2D eigenvalue weighted by molar-refractivity contribution is 0.688. The maximum Gasteiger partial charge on any atom is 0.137 e. The van der Waals surface area contributed by atoms with Crippen molar-refractivity contribution in [2.75, 3.05) is 0 Å². The van der Waals surface area contributed by atoms with E-state index in [-0.39, 0.29) is 0 Å². The molecule has 0 saturated carbocycles. The van der Waals surface area contributed by atoms with Gasteiger partial charge in [-0.2, -0.15) is 0 Å². The predicted octanol–water partition coefficient (Wildman–Crippen LogP) is 3.65. The molecular weight excluding hydrogens is 278 g/mol. The zero-order valence-electron chi connectivity index (χ0n) is 10.6. The molecule has 3 aromatic rings. The minimum Gasteiger partial charge on any atom is -0.306 e. The maximum absolute atomic E-state index is 5.95. The van der Waals surface area contributed by atoms with E-state index in [9.17, 15) is 0 Å². The first-order valence-electron chi connectivity index (χ1n) is 6.09. The lowest BCUT2D eigenvalue weighted by atomic mass is 10.3. The monoisotopic (exact) mass is 291 g/mol. The SMILES string of the molecule is Cc1ccsc1CNCc1cn2cc(Cl)ccc2n1. The molecule has 5 heteroatoms. The largest absolute Gasteiger partial charge is 0.306 e. The van der Waals surface area contributed by atoms with Gasteiger partial charge in [0.2, 0.25) is 0 Å². The third-order valence-corrected chi connectivity index (χ3v) is 4.27. The van der Waals surface area contributed by atoms with Crippen LogP contribution in [0.4, 0.5) is 0 Å². The average molecular weight is 292 g/mol. The highest BCUT2D eigenvalue weighted by molar-refractivity contribution is 7.10. The molecule has 3 nitrogen and oxygen atoms in total. The molecule has 0 aliphatic rings. The molecule has 1 N–H and O–H groups in total.